The summed E-state index contributed by atoms with van der Waals surface area (Å²) in [6.45, 7) is 2.28. The van der Waals surface area contributed by atoms with Crippen LogP contribution in [0, 0.1) is 0 Å². The second kappa shape index (κ2) is 9.29. The molecule has 0 nitrogen and oxygen atoms in total. The summed E-state index contributed by atoms with van der Waals surface area (Å²) >= 11 is 1.89. The van der Waals surface area contributed by atoms with Crippen molar-refractivity contribution in [2.45, 2.75) is 29.1 Å². The van der Waals surface area contributed by atoms with E-state index in [9.17, 15) is 0 Å². The van der Waals surface area contributed by atoms with E-state index < -0.39 is 0 Å². The molecule has 104 valence electrons. The molecule has 2 aromatic rings. The zero-order chi connectivity index (χ0) is 14.0. The van der Waals surface area contributed by atoms with Crippen LogP contribution in [0.25, 0.3) is 6.08 Å². The summed E-state index contributed by atoms with van der Waals surface area (Å²) in [6, 6.07) is 21.4. The van der Waals surface area contributed by atoms with Gasteiger partial charge in [-0.25, -0.2) is 0 Å². The van der Waals surface area contributed by atoms with Crippen molar-refractivity contribution >= 4 is 38.8 Å². The summed E-state index contributed by atoms with van der Waals surface area (Å²) < 4.78 is 2.99. The van der Waals surface area contributed by atoms with Crippen molar-refractivity contribution in [3.05, 3.63) is 69.2 Å². The number of hydrogen-bond donors (Lipinski definition) is 0. The van der Waals surface area contributed by atoms with Gasteiger partial charge in [-0.3, -0.25) is 0 Å². The predicted octanol–water partition coefficient (Wildman–Crippen LogP) is 5.70. The molecule has 0 atom stereocenters. The first-order valence-electron chi connectivity index (χ1n) is 7.01. The van der Waals surface area contributed by atoms with E-state index in [0.29, 0.717) is 0 Å². The van der Waals surface area contributed by atoms with Gasteiger partial charge < -0.3 is 0 Å². The van der Waals surface area contributed by atoms with Crippen LogP contribution in [0.4, 0.5) is 0 Å². The molecule has 0 saturated heterocycles. The first kappa shape index (κ1) is 15.7. The Morgan fingerprint density at radius 2 is 1.65 bits per heavy atom. The average Bonchev–Trinajstić information content (AvgIpc) is 2.49. The van der Waals surface area contributed by atoms with Crippen LogP contribution < -0.4 is 0 Å². The number of thioether (sulfide) groups is 1. The summed E-state index contributed by atoms with van der Waals surface area (Å²) in [7, 11) is 0. The van der Waals surface area contributed by atoms with Crippen LogP contribution in [0.1, 0.15) is 25.3 Å². The van der Waals surface area contributed by atoms with Crippen molar-refractivity contribution in [2.24, 2.45) is 0 Å². The van der Waals surface area contributed by atoms with Gasteiger partial charge in [0.1, 0.15) is 0 Å². The van der Waals surface area contributed by atoms with E-state index in [4.69, 9.17) is 0 Å². The molecule has 2 heteroatoms. The fraction of sp³-hybridized carbons (Fsp3) is 0.222. The zero-order valence-corrected chi connectivity index (χ0v) is 14.9. The molecule has 0 fully saturated rings. The van der Waals surface area contributed by atoms with Crippen LogP contribution in [-0.4, -0.2) is 20.9 Å². The van der Waals surface area contributed by atoms with Crippen molar-refractivity contribution in [3.63, 3.8) is 0 Å². The molecule has 0 radical (unpaired) electrons. The zero-order valence-electron chi connectivity index (χ0n) is 11.8. The van der Waals surface area contributed by atoms with E-state index in [1.165, 1.54) is 27.8 Å². The fourth-order valence-electron chi connectivity index (χ4n) is 1.71. The van der Waals surface area contributed by atoms with Gasteiger partial charge >= 0.3 is 137 Å². The van der Waals surface area contributed by atoms with Gasteiger partial charge in [-0.2, -0.15) is 0 Å². The molecule has 2 rings (SSSR count). The van der Waals surface area contributed by atoms with Gasteiger partial charge in [-0.1, -0.05) is 0 Å². The molecule has 0 aliphatic carbocycles. The van der Waals surface area contributed by atoms with Crippen LogP contribution in [0.3, 0.4) is 0 Å². The topological polar surface area (TPSA) is 0 Å². The van der Waals surface area contributed by atoms with E-state index in [-0.39, 0.29) is 20.9 Å². The van der Waals surface area contributed by atoms with Crippen LogP contribution in [0.5, 0.6) is 0 Å². The maximum absolute atomic E-state index is 2.38. The Bertz CT molecular complexity index is 520. The molecular weight excluding hydrogens is 376 g/mol. The fourth-order valence-corrected chi connectivity index (χ4v) is 6.81. The first-order valence-corrected chi connectivity index (χ1v) is 10.6. The van der Waals surface area contributed by atoms with Gasteiger partial charge in [0, 0.05) is 0 Å². The molecule has 0 spiro atoms. The van der Waals surface area contributed by atoms with E-state index >= 15 is 0 Å². The van der Waals surface area contributed by atoms with Crippen molar-refractivity contribution in [2.75, 3.05) is 0 Å². The summed E-state index contributed by atoms with van der Waals surface area (Å²) in [4.78, 5) is 1.36. The third-order valence-corrected chi connectivity index (χ3v) is 7.67. The molecule has 20 heavy (non-hydrogen) atoms. The second-order valence-corrected chi connectivity index (χ2v) is 9.66. The van der Waals surface area contributed by atoms with Gasteiger partial charge in [0.05, 0.1) is 0 Å². The third-order valence-electron chi connectivity index (χ3n) is 2.79. The summed E-state index contributed by atoms with van der Waals surface area (Å²) in [6.07, 6.45) is 5.05. The molecule has 0 unspecified atom stereocenters. The average molecular weight is 396 g/mol. The Labute approximate surface area is 136 Å². The standard InChI is InChI=1S/C18H20STe/c1-2-3-14-20-18(15-16-10-6-4-7-11-16)19-17-12-8-5-9-13-17/h4-13,15H,2-3,14H2,1H3/b18-15-. The molecule has 0 bridgehead atoms. The van der Waals surface area contributed by atoms with Crippen molar-refractivity contribution < 1.29 is 0 Å². The Hall–Kier alpha value is -0.680. The predicted molar refractivity (Wildman–Crippen MR) is 92.2 cm³/mol. The van der Waals surface area contributed by atoms with Gasteiger partial charge in [0.25, 0.3) is 0 Å². The molecule has 0 aliphatic heterocycles. The number of hydrogen-bond acceptors (Lipinski definition) is 1. The molecule has 0 aromatic heterocycles. The molecule has 0 aliphatic rings. The molecular formula is C18H20STe. The normalized spacial score (nSPS) is 11.6. The third kappa shape index (κ3) is 5.75. The molecule has 2 aromatic carbocycles. The Morgan fingerprint density at radius 1 is 1.00 bits per heavy atom. The van der Waals surface area contributed by atoms with Gasteiger partial charge in [0.2, 0.25) is 0 Å². The summed E-state index contributed by atoms with van der Waals surface area (Å²) in [5.41, 5.74) is 1.33. The van der Waals surface area contributed by atoms with Crippen molar-refractivity contribution in [3.8, 4) is 0 Å². The quantitative estimate of drug-likeness (QED) is 0.329. The molecule has 0 amide bonds. The number of rotatable bonds is 7. The van der Waals surface area contributed by atoms with E-state index in [2.05, 4.69) is 73.7 Å². The summed E-state index contributed by atoms with van der Waals surface area (Å²) in [5, 5.41) is 0. The van der Waals surface area contributed by atoms with Gasteiger partial charge in [-0.15, -0.1) is 0 Å². The number of unbranched alkanes of at least 4 members (excludes halogenated alkanes) is 1. The second-order valence-electron chi connectivity index (χ2n) is 4.49. The van der Waals surface area contributed by atoms with Crippen LogP contribution in [0.15, 0.2) is 68.5 Å². The first-order chi connectivity index (χ1) is 9.88. The monoisotopic (exact) mass is 398 g/mol. The maximum atomic E-state index is 2.38. The van der Waals surface area contributed by atoms with Crippen LogP contribution in [0.2, 0.25) is 4.47 Å². The van der Waals surface area contributed by atoms with E-state index in [1.54, 1.807) is 2.95 Å². The van der Waals surface area contributed by atoms with Crippen LogP contribution >= 0.6 is 11.8 Å². The molecule has 0 N–H and O–H groups in total. The van der Waals surface area contributed by atoms with Crippen molar-refractivity contribution in [1.29, 1.82) is 0 Å². The van der Waals surface area contributed by atoms with E-state index in [1.807, 2.05) is 11.8 Å². The Balaban J connectivity index is 2.10. The van der Waals surface area contributed by atoms with Crippen molar-refractivity contribution in [1.82, 2.24) is 0 Å². The van der Waals surface area contributed by atoms with Gasteiger partial charge in [0.15, 0.2) is 0 Å². The molecule has 0 heterocycles. The Morgan fingerprint density at radius 3 is 2.30 bits per heavy atom. The van der Waals surface area contributed by atoms with Crippen LogP contribution in [-0.2, 0) is 0 Å². The SMILES string of the molecule is CCCC[Te]/C(=C\c1ccccc1)Sc1ccccc1. The number of benzene rings is 2. The molecule has 0 saturated carbocycles. The summed E-state index contributed by atoms with van der Waals surface area (Å²) in [5.74, 6) is 0. The minimum absolute atomic E-state index is 0.0649. The van der Waals surface area contributed by atoms with Gasteiger partial charge in [-0.05, 0) is 0 Å². The minimum atomic E-state index is -0.0649. The Kier molecular flexibility index (Phi) is 7.30. The van der Waals surface area contributed by atoms with E-state index in [0.717, 1.165) is 0 Å².